The topological polar surface area (TPSA) is 38.8 Å². The van der Waals surface area contributed by atoms with Gasteiger partial charge in [-0.2, -0.15) is 0 Å². The molecule has 1 heterocycles. The highest BCUT2D eigenvalue weighted by Crippen LogP contribution is 2.42. The molecule has 0 spiro atoms. The van der Waals surface area contributed by atoms with Gasteiger partial charge in [-0.05, 0) is 30.5 Å². The summed E-state index contributed by atoms with van der Waals surface area (Å²) in [6.45, 7) is 0.837. The summed E-state index contributed by atoms with van der Waals surface area (Å²) in [5, 5.41) is 0.0806. The first kappa shape index (κ1) is 15.5. The summed E-state index contributed by atoms with van der Waals surface area (Å²) in [7, 11) is 3.31. The van der Waals surface area contributed by atoms with E-state index in [2.05, 4.69) is 4.90 Å². The number of carbonyl (C=O) groups excluding carboxylic acids is 1. The monoisotopic (exact) mass is 321 g/mol. The molecule has 1 saturated carbocycles. The molecule has 4 nitrogen and oxygen atoms in total. The van der Waals surface area contributed by atoms with Crippen molar-refractivity contribution >= 4 is 17.7 Å². The number of carbonyl (C=O) groups is 1. The number of hydrogen-bond donors (Lipinski definition) is 0. The van der Waals surface area contributed by atoms with Crippen LogP contribution in [0.15, 0.2) is 18.2 Å². The van der Waals surface area contributed by atoms with Gasteiger partial charge >= 0.3 is 0 Å². The second-order valence-electron chi connectivity index (χ2n) is 5.88. The van der Waals surface area contributed by atoms with Crippen molar-refractivity contribution in [3.63, 3.8) is 0 Å². The van der Waals surface area contributed by atoms with Gasteiger partial charge in [-0.3, -0.25) is 4.79 Å². The Balaban J connectivity index is 1.84. The lowest BCUT2D eigenvalue weighted by Gasteiger charge is -2.27. The van der Waals surface area contributed by atoms with E-state index in [0.29, 0.717) is 5.91 Å². The maximum absolute atomic E-state index is 12.8. The van der Waals surface area contributed by atoms with E-state index < -0.39 is 0 Å². The van der Waals surface area contributed by atoms with Crippen molar-refractivity contribution in [2.24, 2.45) is 5.92 Å². The average Bonchev–Trinajstić information content (AvgIpc) is 3.24. The fourth-order valence-corrected chi connectivity index (χ4v) is 4.59. The second kappa shape index (κ2) is 6.82. The Morgan fingerprint density at radius 1 is 1.14 bits per heavy atom. The third kappa shape index (κ3) is 3.05. The van der Waals surface area contributed by atoms with Crippen molar-refractivity contribution < 1.29 is 14.3 Å². The van der Waals surface area contributed by atoms with Crippen LogP contribution >= 0.6 is 11.8 Å². The van der Waals surface area contributed by atoms with Crippen molar-refractivity contribution in [2.45, 2.75) is 31.1 Å². The molecule has 0 N–H and O–H groups in total. The fourth-order valence-electron chi connectivity index (χ4n) is 3.35. The summed E-state index contributed by atoms with van der Waals surface area (Å²) in [6, 6.07) is 5.90. The zero-order chi connectivity index (χ0) is 15.5. The maximum atomic E-state index is 12.8. The van der Waals surface area contributed by atoms with Crippen molar-refractivity contribution in [3.8, 4) is 11.5 Å². The minimum atomic E-state index is 0.0806. The Bertz CT molecular complexity index is 520. The minimum absolute atomic E-state index is 0.0806. The van der Waals surface area contributed by atoms with Gasteiger partial charge in [-0.25, -0.2) is 0 Å². The standard InChI is InChI=1S/C17H23NO3S/c1-20-14-9-13(10-15(11-14)21-2)17-18(7-8-22-17)16(19)12-5-3-4-6-12/h9-12,17H,3-8H2,1-2H3. The molecule has 1 aliphatic heterocycles. The van der Waals surface area contributed by atoms with Gasteiger partial charge in [0.05, 0.1) is 14.2 Å². The molecule has 2 aliphatic rings. The van der Waals surface area contributed by atoms with Crippen LogP contribution in [0.25, 0.3) is 0 Å². The van der Waals surface area contributed by atoms with Gasteiger partial charge < -0.3 is 14.4 Å². The third-order valence-corrected chi connectivity index (χ3v) is 5.80. The summed E-state index contributed by atoms with van der Waals surface area (Å²) in [4.78, 5) is 14.8. The van der Waals surface area contributed by atoms with Crippen LogP contribution in [0.2, 0.25) is 0 Å². The van der Waals surface area contributed by atoms with Crippen molar-refractivity contribution in [1.82, 2.24) is 4.90 Å². The molecule has 1 unspecified atom stereocenters. The lowest BCUT2D eigenvalue weighted by atomic mass is 10.1. The molecule has 1 saturated heterocycles. The van der Waals surface area contributed by atoms with Gasteiger partial charge in [0.25, 0.3) is 0 Å². The van der Waals surface area contributed by atoms with E-state index in [1.54, 1.807) is 14.2 Å². The van der Waals surface area contributed by atoms with E-state index >= 15 is 0 Å². The molecule has 22 heavy (non-hydrogen) atoms. The fraction of sp³-hybridized carbons (Fsp3) is 0.588. The molecule has 0 aromatic heterocycles. The predicted molar refractivity (Wildman–Crippen MR) is 88.4 cm³/mol. The quantitative estimate of drug-likeness (QED) is 0.851. The number of benzene rings is 1. The number of amides is 1. The lowest BCUT2D eigenvalue weighted by molar-refractivity contribution is -0.135. The molecule has 2 fully saturated rings. The Morgan fingerprint density at radius 3 is 2.36 bits per heavy atom. The summed E-state index contributed by atoms with van der Waals surface area (Å²) < 4.78 is 10.7. The molecular formula is C17H23NO3S. The summed E-state index contributed by atoms with van der Waals surface area (Å²) in [6.07, 6.45) is 4.48. The molecule has 0 bridgehead atoms. The van der Waals surface area contributed by atoms with Gasteiger partial charge in [0.2, 0.25) is 5.91 Å². The summed E-state index contributed by atoms with van der Waals surface area (Å²) in [5.41, 5.74) is 1.09. The zero-order valence-corrected chi connectivity index (χ0v) is 14.0. The SMILES string of the molecule is COc1cc(OC)cc(C2SCCN2C(=O)C2CCCC2)c1. The molecular weight excluding hydrogens is 298 g/mol. The van der Waals surface area contributed by atoms with Gasteiger partial charge in [0, 0.05) is 24.3 Å². The highest BCUT2D eigenvalue weighted by molar-refractivity contribution is 7.99. The first-order chi connectivity index (χ1) is 10.7. The van der Waals surface area contributed by atoms with Crippen molar-refractivity contribution in [2.75, 3.05) is 26.5 Å². The van der Waals surface area contributed by atoms with E-state index in [4.69, 9.17) is 9.47 Å². The smallest absolute Gasteiger partial charge is 0.226 e. The molecule has 1 aromatic rings. The molecule has 0 radical (unpaired) electrons. The normalized spacial score (nSPS) is 22.1. The van der Waals surface area contributed by atoms with E-state index in [1.807, 2.05) is 30.0 Å². The van der Waals surface area contributed by atoms with Crippen molar-refractivity contribution in [3.05, 3.63) is 23.8 Å². The number of nitrogens with zero attached hydrogens (tertiary/aromatic N) is 1. The van der Waals surface area contributed by atoms with Crippen LogP contribution in [0.5, 0.6) is 11.5 Å². The summed E-state index contributed by atoms with van der Waals surface area (Å²) >= 11 is 1.82. The van der Waals surface area contributed by atoms with Crippen LogP contribution in [0, 0.1) is 5.92 Å². The third-order valence-electron chi connectivity index (χ3n) is 4.54. The number of hydrogen-bond acceptors (Lipinski definition) is 4. The molecule has 120 valence electrons. The Morgan fingerprint density at radius 2 is 1.77 bits per heavy atom. The molecule has 1 aliphatic carbocycles. The van der Waals surface area contributed by atoms with Crippen LogP contribution in [0.4, 0.5) is 0 Å². The van der Waals surface area contributed by atoms with E-state index in [1.165, 1.54) is 12.8 Å². The average molecular weight is 321 g/mol. The van der Waals surface area contributed by atoms with Crippen LogP contribution in [-0.4, -0.2) is 37.3 Å². The zero-order valence-electron chi connectivity index (χ0n) is 13.2. The largest absolute Gasteiger partial charge is 0.497 e. The van der Waals surface area contributed by atoms with Crippen LogP contribution < -0.4 is 9.47 Å². The number of rotatable bonds is 4. The molecule has 3 rings (SSSR count). The number of methoxy groups -OCH3 is 2. The molecule has 5 heteroatoms. The van der Waals surface area contributed by atoms with Gasteiger partial charge in [-0.1, -0.05) is 12.8 Å². The first-order valence-corrected chi connectivity index (χ1v) is 8.93. The second-order valence-corrected chi connectivity index (χ2v) is 7.07. The van der Waals surface area contributed by atoms with E-state index in [-0.39, 0.29) is 11.3 Å². The van der Waals surface area contributed by atoms with Crippen LogP contribution in [0.1, 0.15) is 36.6 Å². The van der Waals surface area contributed by atoms with Crippen LogP contribution in [0.3, 0.4) is 0 Å². The van der Waals surface area contributed by atoms with Gasteiger partial charge in [0.1, 0.15) is 16.9 Å². The number of thioether (sulfide) groups is 1. The van der Waals surface area contributed by atoms with Gasteiger partial charge in [0.15, 0.2) is 0 Å². The molecule has 1 aromatic carbocycles. The molecule has 1 amide bonds. The highest BCUT2D eigenvalue weighted by atomic mass is 32.2. The Labute approximate surface area is 136 Å². The summed E-state index contributed by atoms with van der Waals surface area (Å²) in [5.74, 6) is 3.09. The van der Waals surface area contributed by atoms with E-state index in [9.17, 15) is 4.79 Å². The first-order valence-electron chi connectivity index (χ1n) is 7.88. The van der Waals surface area contributed by atoms with Crippen LogP contribution in [-0.2, 0) is 4.79 Å². The molecule has 1 atom stereocenters. The highest BCUT2D eigenvalue weighted by Gasteiger charge is 2.35. The lowest BCUT2D eigenvalue weighted by Crippen LogP contribution is -2.34. The minimum Gasteiger partial charge on any atom is -0.497 e. The van der Waals surface area contributed by atoms with Crippen molar-refractivity contribution in [1.29, 1.82) is 0 Å². The Hall–Kier alpha value is -1.36. The van der Waals surface area contributed by atoms with Gasteiger partial charge in [-0.15, -0.1) is 11.8 Å². The van der Waals surface area contributed by atoms with E-state index in [0.717, 1.165) is 42.2 Å². The maximum Gasteiger partial charge on any atom is 0.226 e. The Kier molecular flexibility index (Phi) is 4.81. The number of ether oxygens (including phenoxy) is 2. The predicted octanol–water partition coefficient (Wildman–Crippen LogP) is 3.47.